The van der Waals surface area contributed by atoms with Crippen LogP contribution in [0.5, 0.6) is 5.75 Å². The Morgan fingerprint density at radius 1 is 0.837 bits per heavy atom. The van der Waals surface area contributed by atoms with Gasteiger partial charge in [-0.25, -0.2) is 9.59 Å². The van der Waals surface area contributed by atoms with Crippen LogP contribution in [-0.4, -0.2) is 49.1 Å². The van der Waals surface area contributed by atoms with Crippen molar-refractivity contribution in [3.8, 4) is 16.9 Å². The van der Waals surface area contributed by atoms with Gasteiger partial charge in [-0.05, 0) is 85.7 Å². The van der Waals surface area contributed by atoms with E-state index < -0.39 is 36.0 Å². The van der Waals surface area contributed by atoms with Crippen molar-refractivity contribution in [2.75, 3.05) is 19.0 Å². The van der Waals surface area contributed by atoms with Gasteiger partial charge in [0.1, 0.15) is 24.0 Å². The van der Waals surface area contributed by atoms with Gasteiger partial charge in [-0.1, -0.05) is 72.8 Å². The minimum atomic E-state index is -1.31. The molecule has 49 heavy (non-hydrogen) atoms. The molecular weight excluding hydrogens is 620 g/mol. The number of fused-ring (bicyclic) bond motifs is 3. The second-order valence-electron chi connectivity index (χ2n) is 13.1. The Morgan fingerprint density at radius 2 is 1.51 bits per heavy atom. The second-order valence-corrected chi connectivity index (χ2v) is 13.1. The Morgan fingerprint density at radius 3 is 2.16 bits per heavy atom. The van der Waals surface area contributed by atoms with E-state index >= 15 is 0 Å². The molecule has 2 amide bonds. The molecule has 0 bridgehead atoms. The van der Waals surface area contributed by atoms with Crippen molar-refractivity contribution in [2.24, 2.45) is 0 Å². The Kier molecular flexibility index (Phi) is 10.8. The molecule has 0 aromatic heterocycles. The maximum absolute atomic E-state index is 13.2. The number of anilines is 1. The zero-order valence-corrected chi connectivity index (χ0v) is 28.5. The molecular formula is C40H42N2O7. The van der Waals surface area contributed by atoms with Gasteiger partial charge < -0.3 is 24.8 Å². The van der Waals surface area contributed by atoms with Crippen LogP contribution >= 0.6 is 0 Å². The Hall–Kier alpha value is -5.44. The zero-order valence-electron chi connectivity index (χ0n) is 28.5. The van der Waals surface area contributed by atoms with E-state index in [2.05, 4.69) is 10.6 Å². The SMILES string of the molecule is COc1cc(CCC(=O)c2cccc(NC(=O)C[C@H](NC(=O)OCC3c4ccccc4-c4ccccc43)C(=O)OC(C)(C)C)c2)ccc1C. The first-order chi connectivity index (χ1) is 23.4. The highest BCUT2D eigenvalue weighted by molar-refractivity contribution is 5.99. The number of hydrogen-bond acceptors (Lipinski definition) is 7. The number of amides is 2. The molecule has 4 aromatic rings. The highest BCUT2D eigenvalue weighted by atomic mass is 16.6. The van der Waals surface area contributed by atoms with Crippen molar-refractivity contribution < 1.29 is 33.4 Å². The van der Waals surface area contributed by atoms with Crippen molar-refractivity contribution in [2.45, 2.75) is 64.5 Å². The molecule has 5 rings (SSSR count). The van der Waals surface area contributed by atoms with Crippen molar-refractivity contribution in [1.82, 2.24) is 5.32 Å². The smallest absolute Gasteiger partial charge is 0.407 e. The van der Waals surface area contributed by atoms with E-state index in [4.69, 9.17) is 14.2 Å². The standard InChI is InChI=1S/C40H42N2O7/c1-25-17-18-26(21-36(25)47-5)19-20-35(43)27-11-10-12-28(22-27)41-37(44)23-34(38(45)49-40(2,3)4)42-39(46)48-24-33-31-15-8-6-13-29(31)30-14-7-9-16-32(30)33/h6-18,21-22,33-34H,19-20,23-24H2,1-5H3,(H,41,44)(H,42,46)/t34-/m0/s1. The van der Waals surface area contributed by atoms with Gasteiger partial charge in [0.25, 0.3) is 0 Å². The maximum Gasteiger partial charge on any atom is 0.407 e. The first-order valence-corrected chi connectivity index (χ1v) is 16.3. The molecule has 4 aromatic carbocycles. The summed E-state index contributed by atoms with van der Waals surface area (Å²) in [6, 6.07) is 27.1. The summed E-state index contributed by atoms with van der Waals surface area (Å²) in [5.74, 6) is -0.804. The molecule has 0 spiro atoms. The summed E-state index contributed by atoms with van der Waals surface area (Å²) in [5, 5.41) is 5.29. The molecule has 0 aliphatic heterocycles. The third-order valence-corrected chi connectivity index (χ3v) is 8.30. The molecule has 0 unspecified atom stereocenters. The summed E-state index contributed by atoms with van der Waals surface area (Å²) >= 11 is 0. The number of benzene rings is 4. The van der Waals surface area contributed by atoms with Crippen molar-refractivity contribution in [3.05, 3.63) is 119 Å². The molecule has 0 fully saturated rings. The summed E-state index contributed by atoms with van der Waals surface area (Å²) in [4.78, 5) is 52.4. The number of Topliss-reactive ketones (excluding diaryl/α,β-unsaturated/α-hetero) is 1. The molecule has 0 saturated heterocycles. The predicted molar refractivity (Wildman–Crippen MR) is 188 cm³/mol. The summed E-state index contributed by atoms with van der Waals surface area (Å²) in [6.07, 6.45) is -0.448. The number of nitrogens with one attached hydrogen (secondary N) is 2. The Bertz CT molecular complexity index is 1810. The van der Waals surface area contributed by atoms with Gasteiger partial charge in [-0.15, -0.1) is 0 Å². The van der Waals surface area contributed by atoms with Gasteiger partial charge in [0.2, 0.25) is 5.91 Å². The van der Waals surface area contributed by atoms with E-state index in [1.807, 2.05) is 73.7 Å². The fourth-order valence-electron chi connectivity index (χ4n) is 5.94. The van der Waals surface area contributed by atoms with Gasteiger partial charge in [-0.3, -0.25) is 9.59 Å². The van der Waals surface area contributed by atoms with Crippen LogP contribution in [0.2, 0.25) is 0 Å². The van der Waals surface area contributed by atoms with Gasteiger partial charge in [0.15, 0.2) is 5.78 Å². The van der Waals surface area contributed by atoms with Crippen LogP contribution in [0.4, 0.5) is 10.5 Å². The third kappa shape index (κ3) is 8.93. The summed E-state index contributed by atoms with van der Waals surface area (Å²) in [6.45, 7) is 7.11. The van der Waals surface area contributed by atoms with Crippen molar-refractivity contribution in [3.63, 3.8) is 0 Å². The van der Waals surface area contributed by atoms with E-state index in [1.54, 1.807) is 52.1 Å². The van der Waals surface area contributed by atoms with E-state index in [1.165, 1.54) is 0 Å². The zero-order chi connectivity index (χ0) is 35.1. The highest BCUT2D eigenvalue weighted by Gasteiger charge is 2.32. The van der Waals surface area contributed by atoms with Crippen LogP contribution in [-0.2, 0) is 25.5 Å². The van der Waals surface area contributed by atoms with E-state index in [0.717, 1.165) is 39.1 Å². The lowest BCUT2D eigenvalue weighted by atomic mass is 9.98. The van der Waals surface area contributed by atoms with Crippen molar-refractivity contribution >= 4 is 29.4 Å². The molecule has 1 atom stereocenters. The largest absolute Gasteiger partial charge is 0.496 e. The lowest BCUT2D eigenvalue weighted by molar-refractivity contribution is -0.158. The van der Waals surface area contributed by atoms with Crippen LogP contribution in [0, 0.1) is 6.92 Å². The molecule has 1 aliphatic carbocycles. The fraction of sp³-hybridized carbons (Fsp3) is 0.300. The second kappa shape index (κ2) is 15.2. The van der Waals surface area contributed by atoms with Gasteiger partial charge in [0.05, 0.1) is 13.5 Å². The molecule has 0 radical (unpaired) electrons. The van der Waals surface area contributed by atoms with Crippen LogP contribution < -0.4 is 15.4 Å². The van der Waals surface area contributed by atoms with Crippen molar-refractivity contribution in [1.29, 1.82) is 0 Å². The predicted octanol–water partition coefficient (Wildman–Crippen LogP) is 7.40. The lowest BCUT2D eigenvalue weighted by Crippen LogP contribution is -2.46. The van der Waals surface area contributed by atoms with E-state index in [-0.39, 0.29) is 24.7 Å². The van der Waals surface area contributed by atoms with Crippen LogP contribution in [0.3, 0.4) is 0 Å². The number of rotatable bonds is 12. The number of hydrogen-bond donors (Lipinski definition) is 2. The number of carbonyl (C=O) groups excluding carboxylic acids is 4. The van der Waals surface area contributed by atoms with Gasteiger partial charge in [0, 0.05) is 23.6 Å². The molecule has 0 saturated carbocycles. The third-order valence-electron chi connectivity index (χ3n) is 8.30. The molecule has 0 heterocycles. The van der Waals surface area contributed by atoms with Crippen LogP contribution in [0.15, 0.2) is 91.0 Å². The van der Waals surface area contributed by atoms with E-state index in [9.17, 15) is 19.2 Å². The monoisotopic (exact) mass is 662 g/mol. The minimum Gasteiger partial charge on any atom is -0.496 e. The first-order valence-electron chi connectivity index (χ1n) is 16.3. The molecule has 254 valence electrons. The number of aryl methyl sites for hydroxylation is 2. The molecule has 9 nitrogen and oxygen atoms in total. The van der Waals surface area contributed by atoms with Gasteiger partial charge in [-0.2, -0.15) is 0 Å². The quantitative estimate of drug-likeness (QED) is 0.120. The summed E-state index contributed by atoms with van der Waals surface area (Å²) < 4.78 is 16.5. The van der Waals surface area contributed by atoms with E-state index in [0.29, 0.717) is 17.7 Å². The lowest BCUT2D eigenvalue weighted by Gasteiger charge is -2.24. The topological polar surface area (TPSA) is 120 Å². The number of ketones is 1. The summed E-state index contributed by atoms with van der Waals surface area (Å²) in [7, 11) is 1.62. The molecule has 1 aliphatic rings. The average molecular weight is 663 g/mol. The molecule has 9 heteroatoms. The number of ether oxygens (including phenoxy) is 3. The normalized spacial score (nSPS) is 12.7. The average Bonchev–Trinajstić information content (AvgIpc) is 3.39. The number of methoxy groups -OCH3 is 1. The van der Waals surface area contributed by atoms with Gasteiger partial charge >= 0.3 is 12.1 Å². The highest BCUT2D eigenvalue weighted by Crippen LogP contribution is 2.44. The maximum atomic E-state index is 13.2. The van der Waals surface area contributed by atoms with Crippen LogP contribution in [0.25, 0.3) is 11.1 Å². The number of esters is 1. The minimum absolute atomic E-state index is 0.0470. The fourth-order valence-corrected chi connectivity index (χ4v) is 5.94. The first kappa shape index (κ1) is 34.9. The molecule has 2 N–H and O–H groups in total. The Balaban J connectivity index is 1.21. The number of alkyl carbamates (subject to hydrolysis) is 1. The number of carbonyl (C=O) groups is 4. The summed E-state index contributed by atoms with van der Waals surface area (Å²) in [5.41, 5.74) is 6.26. The Labute approximate surface area is 287 Å². The van der Waals surface area contributed by atoms with Crippen LogP contribution in [0.1, 0.15) is 72.1 Å².